The molecule has 1 aromatic carbocycles. The molecule has 3 rings (SSSR count). The van der Waals surface area contributed by atoms with Crippen LogP contribution in [0.1, 0.15) is 87.1 Å². The SMILES string of the molecule is CCOc1ccc(C(=O)CC2CCC(C3CCCCC3)CC2)c(C(F)(F)F)c1F. The Morgan fingerprint density at radius 3 is 2.21 bits per heavy atom. The fourth-order valence-electron chi connectivity index (χ4n) is 5.17. The lowest BCUT2D eigenvalue weighted by atomic mass is 9.70. The minimum absolute atomic E-state index is 0.0474. The molecule has 2 nitrogen and oxygen atoms in total. The van der Waals surface area contributed by atoms with Crippen LogP contribution < -0.4 is 4.74 Å². The van der Waals surface area contributed by atoms with Crippen LogP contribution in [0.3, 0.4) is 0 Å². The molecule has 2 aliphatic rings. The number of carbonyl (C=O) groups is 1. The third-order valence-electron chi connectivity index (χ3n) is 6.67. The Morgan fingerprint density at radius 1 is 1.00 bits per heavy atom. The van der Waals surface area contributed by atoms with Gasteiger partial charge in [0.25, 0.3) is 0 Å². The minimum Gasteiger partial charge on any atom is -0.491 e. The molecule has 0 aromatic heterocycles. The van der Waals surface area contributed by atoms with Gasteiger partial charge >= 0.3 is 6.18 Å². The van der Waals surface area contributed by atoms with Crippen LogP contribution in [0.2, 0.25) is 0 Å². The van der Waals surface area contributed by atoms with Crippen molar-refractivity contribution in [2.24, 2.45) is 17.8 Å². The molecule has 0 unspecified atom stereocenters. The summed E-state index contributed by atoms with van der Waals surface area (Å²) in [5.41, 5.74) is -2.07. The highest BCUT2D eigenvalue weighted by Crippen LogP contribution is 2.42. The normalized spacial score (nSPS) is 23.8. The average molecular weight is 414 g/mol. The summed E-state index contributed by atoms with van der Waals surface area (Å²) < 4.78 is 59.8. The molecule has 0 spiro atoms. The van der Waals surface area contributed by atoms with Gasteiger partial charge in [-0.1, -0.05) is 32.1 Å². The predicted octanol–water partition coefficient (Wildman–Crippen LogP) is 7.20. The van der Waals surface area contributed by atoms with E-state index in [9.17, 15) is 22.4 Å². The number of halogens is 4. The molecule has 6 heteroatoms. The Morgan fingerprint density at radius 2 is 1.62 bits per heavy atom. The van der Waals surface area contributed by atoms with Crippen molar-refractivity contribution in [3.05, 3.63) is 29.1 Å². The Hall–Kier alpha value is -1.59. The van der Waals surface area contributed by atoms with Crippen LogP contribution >= 0.6 is 0 Å². The van der Waals surface area contributed by atoms with Gasteiger partial charge in [0.2, 0.25) is 0 Å². The van der Waals surface area contributed by atoms with E-state index in [1.165, 1.54) is 32.1 Å². The number of benzene rings is 1. The van der Waals surface area contributed by atoms with Crippen LogP contribution in [0, 0.1) is 23.6 Å². The number of ether oxygens (including phenoxy) is 1. The molecule has 0 atom stereocenters. The van der Waals surface area contributed by atoms with Gasteiger partial charge in [-0.3, -0.25) is 4.79 Å². The zero-order valence-corrected chi connectivity index (χ0v) is 17.0. The Balaban J connectivity index is 1.67. The van der Waals surface area contributed by atoms with Crippen molar-refractivity contribution in [2.45, 2.75) is 77.3 Å². The maximum atomic E-state index is 14.4. The molecule has 162 valence electrons. The largest absolute Gasteiger partial charge is 0.491 e. The number of hydrogen-bond donors (Lipinski definition) is 0. The molecule has 0 aliphatic heterocycles. The number of Topliss-reactive ketones (excluding diaryl/α,β-unsaturated/α-hetero) is 1. The minimum atomic E-state index is -4.94. The molecule has 0 radical (unpaired) electrons. The molecule has 0 heterocycles. The summed E-state index contributed by atoms with van der Waals surface area (Å²) in [5.74, 6) is -1.04. The summed E-state index contributed by atoms with van der Waals surface area (Å²) in [5, 5.41) is 0. The fraction of sp³-hybridized carbons (Fsp3) is 0.696. The molecular weight excluding hydrogens is 384 g/mol. The van der Waals surface area contributed by atoms with Crippen LogP contribution in [-0.2, 0) is 6.18 Å². The Bertz CT molecular complexity index is 700. The van der Waals surface area contributed by atoms with Gasteiger partial charge in [-0.2, -0.15) is 13.2 Å². The summed E-state index contributed by atoms with van der Waals surface area (Å²) >= 11 is 0. The molecule has 1 aromatic rings. The monoisotopic (exact) mass is 414 g/mol. The quantitative estimate of drug-likeness (QED) is 0.363. The van der Waals surface area contributed by atoms with Gasteiger partial charge in [0, 0.05) is 12.0 Å². The van der Waals surface area contributed by atoms with Crippen LogP contribution in [-0.4, -0.2) is 12.4 Å². The molecule has 0 amide bonds. The smallest absolute Gasteiger partial charge is 0.420 e. The van der Waals surface area contributed by atoms with Crippen molar-refractivity contribution in [1.29, 1.82) is 0 Å². The Kier molecular flexibility index (Phi) is 7.23. The average Bonchev–Trinajstić information content (AvgIpc) is 2.69. The maximum Gasteiger partial charge on any atom is 0.420 e. The highest BCUT2D eigenvalue weighted by atomic mass is 19.4. The Labute approximate surface area is 170 Å². The summed E-state index contributed by atoms with van der Waals surface area (Å²) in [6, 6.07) is 2.19. The van der Waals surface area contributed by atoms with Crippen molar-refractivity contribution in [3.8, 4) is 5.75 Å². The van der Waals surface area contributed by atoms with Gasteiger partial charge < -0.3 is 4.74 Å². The van der Waals surface area contributed by atoms with E-state index in [1.807, 2.05) is 0 Å². The summed E-state index contributed by atoms with van der Waals surface area (Å²) in [4.78, 5) is 12.7. The highest BCUT2D eigenvalue weighted by molar-refractivity contribution is 5.98. The second-order valence-corrected chi connectivity index (χ2v) is 8.54. The van der Waals surface area contributed by atoms with Gasteiger partial charge in [0.15, 0.2) is 17.3 Å². The summed E-state index contributed by atoms with van der Waals surface area (Å²) in [7, 11) is 0. The lowest BCUT2D eigenvalue weighted by Gasteiger charge is -2.35. The van der Waals surface area contributed by atoms with E-state index in [0.29, 0.717) is 5.92 Å². The van der Waals surface area contributed by atoms with Crippen molar-refractivity contribution >= 4 is 5.78 Å². The van der Waals surface area contributed by atoms with E-state index in [-0.39, 0.29) is 18.9 Å². The zero-order chi connectivity index (χ0) is 21.0. The van der Waals surface area contributed by atoms with Crippen molar-refractivity contribution in [2.75, 3.05) is 6.61 Å². The number of ketones is 1. The van der Waals surface area contributed by atoms with E-state index in [4.69, 9.17) is 4.74 Å². The maximum absolute atomic E-state index is 14.4. The van der Waals surface area contributed by atoms with E-state index < -0.39 is 34.7 Å². The molecule has 0 N–H and O–H groups in total. The van der Waals surface area contributed by atoms with Crippen molar-refractivity contribution < 1.29 is 27.1 Å². The molecular formula is C23H30F4O2. The number of rotatable bonds is 6. The van der Waals surface area contributed by atoms with Gasteiger partial charge in [0.1, 0.15) is 5.56 Å². The molecule has 2 saturated carbocycles. The topological polar surface area (TPSA) is 26.3 Å². The molecule has 2 fully saturated rings. The van der Waals surface area contributed by atoms with Gasteiger partial charge in [-0.25, -0.2) is 4.39 Å². The van der Waals surface area contributed by atoms with Crippen LogP contribution in [0.15, 0.2) is 12.1 Å². The standard InChI is InChI=1S/C23H30F4O2/c1-2-29-20-13-12-18(21(22(20)24)23(25,26)27)19(28)14-15-8-10-17(11-9-15)16-6-4-3-5-7-16/h12-13,15-17H,2-11,14H2,1H3. The first kappa shape index (κ1) is 22.1. The molecule has 29 heavy (non-hydrogen) atoms. The summed E-state index contributed by atoms with van der Waals surface area (Å²) in [6.07, 6.45) is 5.43. The summed E-state index contributed by atoms with van der Waals surface area (Å²) in [6.45, 7) is 1.61. The zero-order valence-electron chi connectivity index (χ0n) is 17.0. The first-order valence-corrected chi connectivity index (χ1v) is 10.9. The second-order valence-electron chi connectivity index (χ2n) is 8.54. The fourth-order valence-corrected chi connectivity index (χ4v) is 5.17. The third kappa shape index (κ3) is 5.32. The van der Waals surface area contributed by atoms with Gasteiger partial charge in [0.05, 0.1) is 6.61 Å². The lowest BCUT2D eigenvalue weighted by molar-refractivity contribution is -0.140. The lowest BCUT2D eigenvalue weighted by Crippen LogP contribution is -2.25. The van der Waals surface area contributed by atoms with Crippen LogP contribution in [0.25, 0.3) is 0 Å². The molecule has 0 bridgehead atoms. The number of hydrogen-bond acceptors (Lipinski definition) is 2. The van der Waals surface area contributed by atoms with Crippen LogP contribution in [0.4, 0.5) is 17.6 Å². The third-order valence-corrected chi connectivity index (χ3v) is 6.67. The predicted molar refractivity (Wildman–Crippen MR) is 104 cm³/mol. The number of carbonyl (C=O) groups excluding carboxylic acids is 1. The first-order chi connectivity index (χ1) is 13.8. The van der Waals surface area contributed by atoms with Gasteiger partial charge in [-0.05, 0) is 62.5 Å². The van der Waals surface area contributed by atoms with Gasteiger partial charge in [-0.15, -0.1) is 0 Å². The van der Waals surface area contributed by atoms with Crippen molar-refractivity contribution in [3.63, 3.8) is 0 Å². The number of alkyl halides is 3. The van der Waals surface area contributed by atoms with E-state index in [1.54, 1.807) is 6.92 Å². The van der Waals surface area contributed by atoms with E-state index in [0.717, 1.165) is 43.7 Å². The van der Waals surface area contributed by atoms with Crippen LogP contribution in [0.5, 0.6) is 5.75 Å². The molecule has 0 saturated heterocycles. The van der Waals surface area contributed by atoms with E-state index >= 15 is 0 Å². The van der Waals surface area contributed by atoms with E-state index in [2.05, 4.69) is 0 Å². The first-order valence-electron chi connectivity index (χ1n) is 10.9. The van der Waals surface area contributed by atoms with Crippen molar-refractivity contribution in [1.82, 2.24) is 0 Å². The highest BCUT2D eigenvalue weighted by Gasteiger charge is 2.40. The second kappa shape index (κ2) is 9.48. The molecule has 2 aliphatic carbocycles.